The fraction of sp³-hybridized carbons (Fsp3) is 0.756. The van der Waals surface area contributed by atoms with Gasteiger partial charge in [0.25, 0.3) is 0 Å². The topological polar surface area (TPSA) is 77.5 Å². The Labute approximate surface area is 296 Å². The van der Waals surface area contributed by atoms with Crippen LogP contribution in [0, 0.1) is 11.8 Å². The van der Waals surface area contributed by atoms with Crippen molar-refractivity contribution in [3.8, 4) is 0 Å². The normalized spacial score (nSPS) is 34.9. The molecule has 7 unspecified atom stereocenters. The molecule has 7 atom stereocenters. The molecule has 0 aromatic carbocycles. The highest BCUT2D eigenvalue weighted by Crippen LogP contribution is 2.33. The van der Waals surface area contributed by atoms with Gasteiger partial charge in [-0.25, -0.2) is 4.79 Å². The van der Waals surface area contributed by atoms with Crippen LogP contribution in [0.2, 0.25) is 0 Å². The zero-order valence-corrected chi connectivity index (χ0v) is 30.6. The molecular weight excluding hydrogens is 616 g/mol. The van der Waals surface area contributed by atoms with Gasteiger partial charge in [-0.05, 0) is 103 Å². The molecule has 8 nitrogen and oxygen atoms in total. The molecule has 49 heavy (non-hydrogen) atoms. The molecule has 4 saturated heterocycles. The summed E-state index contributed by atoms with van der Waals surface area (Å²) in [5, 5.41) is 0. The quantitative estimate of drug-likeness (QED) is 0.121. The van der Waals surface area contributed by atoms with Crippen molar-refractivity contribution in [3.63, 3.8) is 0 Å². The minimum absolute atomic E-state index is 0.0135. The Bertz CT molecular complexity index is 1150. The van der Waals surface area contributed by atoms with Crippen LogP contribution in [0.3, 0.4) is 0 Å². The lowest BCUT2D eigenvalue weighted by Gasteiger charge is -2.37. The Morgan fingerprint density at radius 3 is 2.31 bits per heavy atom. The molecule has 0 aliphatic carbocycles. The average Bonchev–Trinajstić information content (AvgIpc) is 3.39. The molecule has 1 amide bonds. The fourth-order valence-electron chi connectivity index (χ4n) is 8.36. The van der Waals surface area contributed by atoms with Crippen LogP contribution in [-0.2, 0) is 23.7 Å². The fourth-order valence-corrected chi connectivity index (χ4v) is 8.36. The van der Waals surface area contributed by atoms with Gasteiger partial charge in [-0.3, -0.25) is 4.79 Å². The number of esters is 1. The number of ether oxygens (including phenoxy) is 4. The first-order chi connectivity index (χ1) is 23.9. The van der Waals surface area contributed by atoms with Crippen LogP contribution in [0.25, 0.3) is 0 Å². The van der Waals surface area contributed by atoms with Crippen LogP contribution in [-0.4, -0.2) is 91.2 Å². The summed E-state index contributed by atoms with van der Waals surface area (Å²) in [5.41, 5.74) is 1.35. The van der Waals surface area contributed by atoms with Gasteiger partial charge in [0.15, 0.2) is 0 Å². The van der Waals surface area contributed by atoms with Gasteiger partial charge in [-0.1, -0.05) is 68.7 Å². The molecule has 0 aromatic rings. The number of nitrogens with zero attached hydrogens (tertiary/aromatic N) is 2. The van der Waals surface area contributed by atoms with Crippen LogP contribution in [0.4, 0.5) is 4.79 Å². The van der Waals surface area contributed by atoms with Crippen LogP contribution in [0.15, 0.2) is 48.1 Å². The first kappa shape index (κ1) is 37.8. The molecular formula is C41H64N2O6. The second-order valence-electron chi connectivity index (χ2n) is 15.3. The van der Waals surface area contributed by atoms with E-state index in [2.05, 4.69) is 43.9 Å². The zero-order valence-electron chi connectivity index (χ0n) is 30.6. The minimum Gasteiger partial charge on any atom is -0.457 e. The van der Waals surface area contributed by atoms with Crippen molar-refractivity contribution in [1.29, 1.82) is 0 Å². The zero-order chi connectivity index (χ0) is 34.4. The molecule has 8 heteroatoms. The lowest BCUT2D eigenvalue weighted by molar-refractivity contribution is -0.154. The summed E-state index contributed by atoms with van der Waals surface area (Å²) < 4.78 is 24.8. The molecule has 4 fully saturated rings. The molecule has 0 saturated carbocycles. The summed E-state index contributed by atoms with van der Waals surface area (Å²) in [5.74, 6) is 0.161. The van der Waals surface area contributed by atoms with Crippen molar-refractivity contribution in [1.82, 2.24) is 9.80 Å². The van der Waals surface area contributed by atoms with Gasteiger partial charge in [0.05, 0.1) is 37.4 Å². The Morgan fingerprint density at radius 1 is 0.837 bits per heavy atom. The van der Waals surface area contributed by atoms with Crippen molar-refractivity contribution in [2.75, 3.05) is 32.8 Å². The number of allylic oxidation sites excluding steroid dienone is 4. The monoisotopic (exact) mass is 680 g/mol. The van der Waals surface area contributed by atoms with Gasteiger partial charge in [-0.15, -0.1) is 0 Å². The smallest absolute Gasteiger partial charge is 0.409 e. The van der Waals surface area contributed by atoms with Crippen molar-refractivity contribution in [2.24, 2.45) is 11.8 Å². The van der Waals surface area contributed by atoms with E-state index >= 15 is 0 Å². The molecule has 5 aliphatic heterocycles. The number of carbonyl (C=O) groups is 2. The van der Waals surface area contributed by atoms with Gasteiger partial charge >= 0.3 is 12.1 Å². The number of carbonyl (C=O) groups excluding carboxylic acids is 2. The standard InChI is InChI=1S/C41H64N2O6/c1-4-33-27-37-29-36-15-13-14-35(47-36)26-31(2)17-18-32(3)39(49-40(44)30-38(28-33)48-37)16-9-5-8-12-25-46-41(45)43-23-19-34(20-24-43)42-21-10-6-7-11-22-42/h4-5,8-9,16-18,31-32,34-39H,6-7,10-15,19-30H2,1-3H3/b8-5-,16-9+,18-17+,33-4-. The van der Waals surface area contributed by atoms with Crippen LogP contribution in [0.1, 0.15) is 117 Å². The van der Waals surface area contributed by atoms with Gasteiger partial charge < -0.3 is 28.7 Å². The maximum Gasteiger partial charge on any atom is 0.409 e. The number of piperidine rings is 1. The summed E-state index contributed by atoms with van der Waals surface area (Å²) in [6, 6.07) is 0.606. The predicted molar refractivity (Wildman–Crippen MR) is 194 cm³/mol. The molecule has 5 heterocycles. The van der Waals surface area contributed by atoms with E-state index < -0.39 is 0 Å². The molecule has 4 bridgehead atoms. The molecule has 0 N–H and O–H groups in total. The number of hydrogen-bond acceptors (Lipinski definition) is 7. The molecule has 5 aliphatic rings. The van der Waals surface area contributed by atoms with Crippen LogP contribution < -0.4 is 0 Å². The number of rotatable bonds is 6. The molecule has 5 rings (SSSR count). The SMILES string of the molecule is C/C=C1\CC2CC(=O)OC(/C=C/C=C\CCOC(=O)N3CCC(N4CCCCCC4)CC3)C(C)/C=C/C(C)CC3CCCC(CC(C1)O2)O3. The van der Waals surface area contributed by atoms with E-state index in [1.165, 1.54) is 50.8 Å². The largest absolute Gasteiger partial charge is 0.457 e. The minimum atomic E-state index is -0.389. The first-order valence-electron chi connectivity index (χ1n) is 19.7. The lowest BCUT2D eigenvalue weighted by Crippen LogP contribution is -2.47. The van der Waals surface area contributed by atoms with Gasteiger partial charge in [-0.2, -0.15) is 0 Å². The molecule has 0 radical (unpaired) electrons. The third-order valence-corrected chi connectivity index (χ3v) is 11.2. The molecule has 274 valence electrons. The highest BCUT2D eigenvalue weighted by molar-refractivity contribution is 5.70. The lowest BCUT2D eigenvalue weighted by atomic mass is 9.90. The number of amides is 1. The summed E-state index contributed by atoms with van der Waals surface area (Å²) in [6.07, 6.45) is 29.5. The Hall–Kier alpha value is -2.42. The van der Waals surface area contributed by atoms with E-state index in [0.717, 1.165) is 64.5 Å². The van der Waals surface area contributed by atoms with Crippen molar-refractivity contribution >= 4 is 12.1 Å². The van der Waals surface area contributed by atoms with Gasteiger partial charge in [0.2, 0.25) is 0 Å². The van der Waals surface area contributed by atoms with E-state index in [4.69, 9.17) is 18.9 Å². The van der Waals surface area contributed by atoms with Crippen LogP contribution >= 0.6 is 0 Å². The molecule has 0 spiro atoms. The van der Waals surface area contributed by atoms with Gasteiger partial charge in [0.1, 0.15) is 6.10 Å². The average molecular weight is 681 g/mol. The maximum atomic E-state index is 13.3. The number of likely N-dealkylation sites (tertiary alicyclic amines) is 2. The number of hydrogen-bond donors (Lipinski definition) is 0. The molecule has 0 aromatic heterocycles. The maximum absolute atomic E-state index is 13.3. The van der Waals surface area contributed by atoms with Crippen molar-refractivity contribution < 1.29 is 28.5 Å². The van der Waals surface area contributed by atoms with E-state index in [1.54, 1.807) is 0 Å². The Morgan fingerprint density at radius 2 is 1.55 bits per heavy atom. The second kappa shape index (κ2) is 19.8. The Kier molecular flexibility index (Phi) is 15.3. The summed E-state index contributed by atoms with van der Waals surface area (Å²) in [6.45, 7) is 10.8. The van der Waals surface area contributed by atoms with Gasteiger partial charge in [0, 0.05) is 31.5 Å². The predicted octanol–water partition coefficient (Wildman–Crippen LogP) is 8.32. The highest BCUT2D eigenvalue weighted by atomic mass is 16.6. The first-order valence-corrected chi connectivity index (χ1v) is 19.7. The Balaban J connectivity index is 1.11. The summed E-state index contributed by atoms with van der Waals surface area (Å²) in [4.78, 5) is 30.5. The van der Waals surface area contributed by atoms with Crippen molar-refractivity contribution in [2.45, 2.75) is 154 Å². The second-order valence-corrected chi connectivity index (χ2v) is 15.3. The van der Waals surface area contributed by atoms with Crippen LogP contribution in [0.5, 0.6) is 0 Å². The summed E-state index contributed by atoms with van der Waals surface area (Å²) in [7, 11) is 0. The van der Waals surface area contributed by atoms with E-state index in [0.29, 0.717) is 25.0 Å². The van der Waals surface area contributed by atoms with Crippen molar-refractivity contribution in [3.05, 3.63) is 48.1 Å². The van der Waals surface area contributed by atoms with E-state index in [-0.39, 0.29) is 54.9 Å². The third kappa shape index (κ3) is 12.4. The third-order valence-electron chi connectivity index (χ3n) is 11.2. The number of fused-ring (bicyclic) bond motifs is 4. The van der Waals surface area contributed by atoms with E-state index in [9.17, 15) is 9.59 Å². The number of cyclic esters (lactones) is 1. The van der Waals surface area contributed by atoms with E-state index in [1.807, 2.05) is 29.2 Å². The highest BCUT2D eigenvalue weighted by Gasteiger charge is 2.33. The summed E-state index contributed by atoms with van der Waals surface area (Å²) >= 11 is 0.